The molecule has 0 aromatic carbocycles. The average molecular weight is 195 g/mol. The van der Waals surface area contributed by atoms with Gasteiger partial charge in [0, 0.05) is 11.1 Å². The minimum absolute atomic E-state index is 0.185. The number of rotatable bonds is 2. The molecule has 2 heteroatoms. The van der Waals surface area contributed by atoms with E-state index in [2.05, 4.69) is 25.8 Å². The van der Waals surface area contributed by atoms with Crippen LogP contribution in [0, 0.1) is 16.7 Å². The molecule has 0 aliphatic heterocycles. The lowest BCUT2D eigenvalue weighted by Gasteiger charge is -2.34. The van der Waals surface area contributed by atoms with Crippen LogP contribution in [0.5, 0.6) is 0 Å². The Morgan fingerprint density at radius 3 is 2.57 bits per heavy atom. The van der Waals surface area contributed by atoms with Crippen molar-refractivity contribution in [3.8, 4) is 0 Å². The second kappa shape index (κ2) is 3.06. The third kappa shape index (κ3) is 1.10. The number of aliphatic imine (C=N–C) groups is 1. The fourth-order valence-electron chi connectivity index (χ4n) is 3.35. The van der Waals surface area contributed by atoms with Gasteiger partial charge in [0.1, 0.15) is 0 Å². The van der Waals surface area contributed by atoms with E-state index in [1.54, 1.807) is 0 Å². The smallest absolute Gasteiger partial charge is 0.0626 e. The largest absolute Gasteiger partial charge is 0.394 e. The van der Waals surface area contributed by atoms with E-state index < -0.39 is 0 Å². The molecule has 2 nitrogen and oxygen atoms in total. The molecule has 2 aliphatic carbocycles. The first-order valence-electron chi connectivity index (χ1n) is 5.67. The van der Waals surface area contributed by atoms with E-state index in [-0.39, 0.29) is 6.61 Å². The van der Waals surface area contributed by atoms with Crippen molar-refractivity contribution in [2.75, 3.05) is 13.2 Å². The van der Waals surface area contributed by atoms with Crippen LogP contribution in [0.25, 0.3) is 0 Å². The number of aliphatic hydroxyl groups is 1. The van der Waals surface area contributed by atoms with Crippen LogP contribution in [0.3, 0.4) is 0 Å². The Morgan fingerprint density at radius 1 is 1.43 bits per heavy atom. The first kappa shape index (κ1) is 10.2. The van der Waals surface area contributed by atoms with Crippen molar-refractivity contribution in [1.29, 1.82) is 0 Å². The van der Waals surface area contributed by atoms with Gasteiger partial charge in [0.25, 0.3) is 0 Å². The third-order valence-electron chi connectivity index (χ3n) is 4.91. The van der Waals surface area contributed by atoms with Gasteiger partial charge in [0.2, 0.25) is 0 Å². The van der Waals surface area contributed by atoms with Crippen molar-refractivity contribution in [3.05, 3.63) is 0 Å². The molecular weight excluding hydrogens is 174 g/mol. The highest BCUT2D eigenvalue weighted by Gasteiger charge is 2.59. The van der Waals surface area contributed by atoms with Crippen LogP contribution in [0.4, 0.5) is 0 Å². The molecule has 2 rings (SSSR count). The Bertz CT molecular complexity index is 269. The molecule has 1 N–H and O–H groups in total. The summed E-state index contributed by atoms with van der Waals surface area (Å²) in [5.74, 6) is 0.824. The summed E-state index contributed by atoms with van der Waals surface area (Å²) in [6.45, 7) is 7.90. The second-order valence-corrected chi connectivity index (χ2v) is 5.55. The SMILES string of the molecule is CC12CCC(CC1=NCCO)C2(C)C. The fraction of sp³-hybridized carbons (Fsp3) is 0.917. The van der Waals surface area contributed by atoms with Crippen molar-refractivity contribution in [2.24, 2.45) is 21.7 Å². The van der Waals surface area contributed by atoms with Crippen LogP contribution in [0.1, 0.15) is 40.0 Å². The zero-order valence-electron chi connectivity index (χ0n) is 9.51. The molecule has 0 aromatic heterocycles. The van der Waals surface area contributed by atoms with E-state index in [0.717, 1.165) is 5.92 Å². The lowest BCUT2D eigenvalue weighted by molar-refractivity contribution is 0.193. The Kier molecular flexibility index (Phi) is 2.22. The van der Waals surface area contributed by atoms with Gasteiger partial charge in [-0.25, -0.2) is 0 Å². The monoisotopic (exact) mass is 195 g/mol. The first-order valence-corrected chi connectivity index (χ1v) is 5.67. The molecule has 0 aromatic rings. The van der Waals surface area contributed by atoms with Gasteiger partial charge in [-0.1, -0.05) is 20.8 Å². The maximum Gasteiger partial charge on any atom is 0.0626 e. The molecule has 2 aliphatic rings. The molecule has 0 heterocycles. The van der Waals surface area contributed by atoms with E-state index in [1.165, 1.54) is 25.0 Å². The van der Waals surface area contributed by atoms with Crippen LogP contribution in [-0.2, 0) is 0 Å². The summed E-state index contributed by atoms with van der Waals surface area (Å²) in [4.78, 5) is 4.56. The minimum Gasteiger partial charge on any atom is -0.394 e. The summed E-state index contributed by atoms with van der Waals surface area (Å²) in [7, 11) is 0. The summed E-state index contributed by atoms with van der Waals surface area (Å²) in [6.07, 6.45) is 3.82. The lowest BCUT2D eigenvalue weighted by Crippen LogP contribution is -2.32. The number of hydrogen-bond donors (Lipinski definition) is 1. The summed E-state index contributed by atoms with van der Waals surface area (Å²) < 4.78 is 0. The maximum absolute atomic E-state index is 8.80. The quantitative estimate of drug-likeness (QED) is 0.720. The molecule has 2 fully saturated rings. The lowest BCUT2D eigenvalue weighted by atomic mass is 9.70. The van der Waals surface area contributed by atoms with Gasteiger partial charge in [-0.05, 0) is 30.6 Å². The predicted molar refractivity (Wildman–Crippen MR) is 58.6 cm³/mol. The zero-order chi connectivity index (χ0) is 10.4. The van der Waals surface area contributed by atoms with Gasteiger partial charge < -0.3 is 5.11 Å². The number of hydrogen-bond acceptors (Lipinski definition) is 2. The van der Waals surface area contributed by atoms with Gasteiger partial charge in [0.05, 0.1) is 13.2 Å². The van der Waals surface area contributed by atoms with Gasteiger partial charge in [-0.3, -0.25) is 4.99 Å². The summed E-state index contributed by atoms with van der Waals surface area (Å²) in [6, 6.07) is 0. The topological polar surface area (TPSA) is 32.6 Å². The van der Waals surface area contributed by atoms with E-state index in [4.69, 9.17) is 5.11 Å². The number of nitrogens with zero attached hydrogens (tertiary/aromatic N) is 1. The van der Waals surface area contributed by atoms with Crippen LogP contribution >= 0.6 is 0 Å². The Hall–Kier alpha value is -0.370. The van der Waals surface area contributed by atoms with E-state index in [1.807, 2.05) is 0 Å². The van der Waals surface area contributed by atoms with E-state index in [0.29, 0.717) is 17.4 Å². The standard InChI is InChI=1S/C12H21NO/c1-11(2)9-4-5-12(11,3)10(8-9)13-6-7-14/h9,14H,4-8H2,1-3H3. The zero-order valence-corrected chi connectivity index (χ0v) is 9.51. The van der Waals surface area contributed by atoms with E-state index in [9.17, 15) is 0 Å². The highest BCUT2D eigenvalue weighted by Crippen LogP contribution is 2.63. The molecule has 0 amide bonds. The van der Waals surface area contributed by atoms with Crippen molar-refractivity contribution in [3.63, 3.8) is 0 Å². The molecule has 0 radical (unpaired) electrons. The predicted octanol–water partition coefficient (Wildman–Crippen LogP) is 2.27. The van der Waals surface area contributed by atoms with Crippen LogP contribution in [0.2, 0.25) is 0 Å². The molecule has 0 spiro atoms. The molecule has 2 saturated carbocycles. The second-order valence-electron chi connectivity index (χ2n) is 5.55. The van der Waals surface area contributed by atoms with Gasteiger partial charge in [-0.2, -0.15) is 0 Å². The van der Waals surface area contributed by atoms with Gasteiger partial charge in [0.15, 0.2) is 0 Å². The maximum atomic E-state index is 8.80. The van der Waals surface area contributed by atoms with Crippen molar-refractivity contribution >= 4 is 5.71 Å². The third-order valence-corrected chi connectivity index (χ3v) is 4.91. The Balaban J connectivity index is 2.27. The Labute approximate surface area is 86.4 Å². The van der Waals surface area contributed by atoms with Crippen molar-refractivity contribution in [2.45, 2.75) is 40.0 Å². The average Bonchev–Trinajstić information content (AvgIpc) is 2.46. The molecule has 2 bridgehead atoms. The molecule has 2 atom stereocenters. The molecular formula is C12H21NO. The number of aliphatic hydroxyl groups excluding tert-OH is 1. The number of fused-ring (bicyclic) bond motifs is 2. The minimum atomic E-state index is 0.185. The van der Waals surface area contributed by atoms with Gasteiger partial charge >= 0.3 is 0 Å². The fourth-order valence-corrected chi connectivity index (χ4v) is 3.35. The van der Waals surface area contributed by atoms with Crippen molar-refractivity contribution < 1.29 is 5.11 Å². The molecule has 0 saturated heterocycles. The molecule has 80 valence electrons. The van der Waals surface area contributed by atoms with E-state index >= 15 is 0 Å². The Morgan fingerprint density at radius 2 is 2.14 bits per heavy atom. The summed E-state index contributed by atoms with van der Waals surface area (Å²) >= 11 is 0. The van der Waals surface area contributed by atoms with Gasteiger partial charge in [-0.15, -0.1) is 0 Å². The first-order chi connectivity index (χ1) is 6.52. The summed E-state index contributed by atoms with van der Waals surface area (Å²) in [5, 5.41) is 8.80. The normalized spacial score (nSPS) is 42.3. The van der Waals surface area contributed by atoms with Crippen molar-refractivity contribution in [1.82, 2.24) is 0 Å². The molecule has 14 heavy (non-hydrogen) atoms. The van der Waals surface area contributed by atoms with Crippen LogP contribution in [0.15, 0.2) is 4.99 Å². The highest BCUT2D eigenvalue weighted by molar-refractivity contribution is 5.94. The molecule has 2 unspecified atom stereocenters. The highest BCUT2D eigenvalue weighted by atomic mass is 16.3. The van der Waals surface area contributed by atoms with Crippen LogP contribution < -0.4 is 0 Å². The summed E-state index contributed by atoms with van der Waals surface area (Å²) in [5.41, 5.74) is 2.10. The van der Waals surface area contributed by atoms with Crippen LogP contribution in [-0.4, -0.2) is 24.0 Å².